The van der Waals surface area contributed by atoms with E-state index in [0.29, 0.717) is 13.2 Å². The van der Waals surface area contributed by atoms with Crippen LogP contribution in [0.5, 0.6) is 0 Å². The third kappa shape index (κ3) is 7.39. The third-order valence-corrected chi connectivity index (χ3v) is 4.73. The van der Waals surface area contributed by atoms with Gasteiger partial charge in [-0.05, 0) is 13.8 Å². The first kappa shape index (κ1) is 19.1. The monoisotopic (exact) mass is 338 g/mol. The lowest BCUT2D eigenvalue weighted by atomic mass is 10.1. The Morgan fingerprint density at radius 3 is 2.36 bits per heavy atom. The number of rotatable bonds is 11. The maximum absolute atomic E-state index is 11.9. The summed E-state index contributed by atoms with van der Waals surface area (Å²) >= 11 is 0. The SMILES string of the molecule is CC1(C)CN(CCS(=O)(=O)CCOCCOCCO)C(=O)N1. The van der Waals surface area contributed by atoms with E-state index in [0.717, 1.165) is 0 Å². The predicted octanol–water partition coefficient (Wildman–Crippen LogP) is -0.769. The van der Waals surface area contributed by atoms with Gasteiger partial charge in [0.25, 0.3) is 0 Å². The van der Waals surface area contributed by atoms with Crippen molar-refractivity contribution in [1.82, 2.24) is 10.2 Å². The van der Waals surface area contributed by atoms with Crippen LogP contribution in [0.25, 0.3) is 0 Å². The van der Waals surface area contributed by atoms with Crippen LogP contribution in [0, 0.1) is 0 Å². The van der Waals surface area contributed by atoms with E-state index in [9.17, 15) is 13.2 Å². The van der Waals surface area contributed by atoms with Gasteiger partial charge in [0.15, 0.2) is 9.84 Å². The van der Waals surface area contributed by atoms with Gasteiger partial charge in [0.1, 0.15) is 0 Å². The number of aliphatic hydroxyl groups excluding tert-OH is 1. The molecule has 2 amide bonds. The molecule has 0 unspecified atom stereocenters. The normalized spacial score (nSPS) is 17.8. The minimum atomic E-state index is -3.25. The Balaban J connectivity index is 2.18. The number of urea groups is 1. The molecule has 0 atom stereocenters. The zero-order valence-corrected chi connectivity index (χ0v) is 14.0. The second-order valence-corrected chi connectivity index (χ2v) is 8.14. The number of sulfone groups is 1. The fourth-order valence-corrected chi connectivity index (χ4v) is 3.14. The second-order valence-electron chi connectivity index (χ2n) is 5.84. The Morgan fingerprint density at radius 2 is 1.82 bits per heavy atom. The molecule has 0 bridgehead atoms. The van der Waals surface area contributed by atoms with Crippen LogP contribution in [0.4, 0.5) is 4.79 Å². The highest BCUT2D eigenvalue weighted by molar-refractivity contribution is 7.91. The molecule has 1 heterocycles. The smallest absolute Gasteiger partial charge is 0.317 e. The molecule has 0 spiro atoms. The van der Waals surface area contributed by atoms with Gasteiger partial charge < -0.3 is 24.8 Å². The van der Waals surface area contributed by atoms with E-state index in [1.165, 1.54) is 4.90 Å². The molecule has 9 heteroatoms. The van der Waals surface area contributed by atoms with Crippen LogP contribution < -0.4 is 5.32 Å². The Hall–Kier alpha value is -0.900. The molecule has 8 nitrogen and oxygen atoms in total. The fraction of sp³-hybridized carbons (Fsp3) is 0.923. The van der Waals surface area contributed by atoms with Crippen molar-refractivity contribution >= 4 is 15.9 Å². The van der Waals surface area contributed by atoms with Gasteiger partial charge in [0.2, 0.25) is 0 Å². The molecule has 0 aromatic heterocycles. The molecule has 1 saturated heterocycles. The molecule has 0 aliphatic carbocycles. The summed E-state index contributed by atoms with van der Waals surface area (Å²) in [5, 5.41) is 11.3. The van der Waals surface area contributed by atoms with Crippen molar-refractivity contribution in [2.75, 3.05) is 57.6 Å². The van der Waals surface area contributed by atoms with Crippen LogP contribution in [0.1, 0.15) is 13.8 Å². The largest absolute Gasteiger partial charge is 0.394 e. The Labute approximate surface area is 131 Å². The zero-order chi connectivity index (χ0) is 16.6. The average Bonchev–Trinajstić information content (AvgIpc) is 2.68. The molecular formula is C13H26N2O6S. The first-order valence-electron chi connectivity index (χ1n) is 7.30. The summed E-state index contributed by atoms with van der Waals surface area (Å²) in [5.41, 5.74) is -0.321. The minimum Gasteiger partial charge on any atom is -0.394 e. The lowest BCUT2D eigenvalue weighted by Gasteiger charge is -2.17. The summed E-state index contributed by atoms with van der Waals surface area (Å²) in [7, 11) is -3.25. The Morgan fingerprint density at radius 1 is 1.18 bits per heavy atom. The van der Waals surface area contributed by atoms with Gasteiger partial charge in [-0.3, -0.25) is 0 Å². The topological polar surface area (TPSA) is 105 Å². The number of carbonyl (C=O) groups is 1. The van der Waals surface area contributed by atoms with Gasteiger partial charge in [0, 0.05) is 13.1 Å². The molecular weight excluding hydrogens is 312 g/mol. The summed E-state index contributed by atoms with van der Waals surface area (Å²) in [4.78, 5) is 13.2. The van der Waals surface area contributed by atoms with Crippen molar-refractivity contribution in [2.24, 2.45) is 0 Å². The van der Waals surface area contributed by atoms with E-state index in [1.807, 2.05) is 13.8 Å². The molecule has 0 radical (unpaired) electrons. The van der Waals surface area contributed by atoms with E-state index in [1.54, 1.807) is 0 Å². The maximum Gasteiger partial charge on any atom is 0.317 e. The first-order chi connectivity index (χ1) is 10.3. The quantitative estimate of drug-likeness (QED) is 0.479. The van der Waals surface area contributed by atoms with E-state index in [2.05, 4.69) is 5.32 Å². The van der Waals surface area contributed by atoms with Crippen LogP contribution in [0.2, 0.25) is 0 Å². The van der Waals surface area contributed by atoms with Gasteiger partial charge in [-0.2, -0.15) is 0 Å². The van der Waals surface area contributed by atoms with Gasteiger partial charge in [-0.25, -0.2) is 13.2 Å². The van der Waals surface area contributed by atoms with Gasteiger partial charge >= 0.3 is 6.03 Å². The predicted molar refractivity (Wildman–Crippen MR) is 81.6 cm³/mol. The second kappa shape index (κ2) is 8.66. The van der Waals surface area contributed by atoms with Crippen LogP contribution in [-0.4, -0.2) is 87.6 Å². The molecule has 0 aromatic carbocycles. The Bertz CT molecular complexity index is 451. The molecule has 0 saturated carbocycles. The maximum atomic E-state index is 11.9. The standard InChI is InChI=1S/C13H26N2O6S/c1-13(2)11-15(12(17)14-13)3-9-22(18,19)10-8-21-7-6-20-5-4-16/h16H,3-11H2,1-2H3,(H,14,17). The molecule has 1 aliphatic heterocycles. The van der Waals surface area contributed by atoms with Gasteiger partial charge in [-0.15, -0.1) is 0 Å². The highest BCUT2D eigenvalue weighted by atomic mass is 32.2. The molecule has 1 aliphatic rings. The number of aliphatic hydroxyl groups is 1. The van der Waals surface area contributed by atoms with Crippen molar-refractivity contribution in [3.8, 4) is 0 Å². The van der Waals surface area contributed by atoms with E-state index in [4.69, 9.17) is 14.6 Å². The minimum absolute atomic E-state index is 0.0464. The number of nitrogens with one attached hydrogen (secondary N) is 1. The summed E-state index contributed by atoms with van der Waals surface area (Å²) < 4.78 is 33.9. The van der Waals surface area contributed by atoms with Crippen molar-refractivity contribution in [2.45, 2.75) is 19.4 Å². The molecule has 22 heavy (non-hydrogen) atoms. The number of carbonyl (C=O) groups excluding carboxylic acids is 1. The fourth-order valence-electron chi connectivity index (χ4n) is 2.06. The number of nitrogens with zero attached hydrogens (tertiary/aromatic N) is 1. The summed E-state index contributed by atoms with van der Waals surface area (Å²) in [6.07, 6.45) is 0. The number of hydrogen-bond donors (Lipinski definition) is 2. The molecule has 130 valence electrons. The number of amides is 2. The van der Waals surface area contributed by atoms with Crippen LogP contribution in [0.3, 0.4) is 0 Å². The first-order valence-corrected chi connectivity index (χ1v) is 9.12. The van der Waals surface area contributed by atoms with Crippen LogP contribution in [-0.2, 0) is 19.3 Å². The van der Waals surface area contributed by atoms with Crippen molar-refractivity contribution < 1.29 is 27.8 Å². The number of ether oxygens (including phenoxy) is 2. The summed E-state index contributed by atoms with van der Waals surface area (Å²) in [6, 6.07) is -0.225. The van der Waals surface area contributed by atoms with E-state index < -0.39 is 9.84 Å². The lowest BCUT2D eigenvalue weighted by Crippen LogP contribution is -2.36. The van der Waals surface area contributed by atoms with E-state index >= 15 is 0 Å². The highest BCUT2D eigenvalue weighted by Gasteiger charge is 2.34. The van der Waals surface area contributed by atoms with E-state index in [-0.39, 0.29) is 56.0 Å². The molecule has 1 fully saturated rings. The van der Waals surface area contributed by atoms with Gasteiger partial charge in [-0.1, -0.05) is 0 Å². The average molecular weight is 338 g/mol. The lowest BCUT2D eigenvalue weighted by molar-refractivity contribution is 0.0375. The number of hydrogen-bond acceptors (Lipinski definition) is 6. The molecule has 1 rings (SSSR count). The zero-order valence-electron chi connectivity index (χ0n) is 13.2. The van der Waals surface area contributed by atoms with Crippen LogP contribution in [0.15, 0.2) is 0 Å². The van der Waals surface area contributed by atoms with Crippen molar-refractivity contribution in [3.63, 3.8) is 0 Å². The van der Waals surface area contributed by atoms with Crippen LogP contribution >= 0.6 is 0 Å². The van der Waals surface area contributed by atoms with Crippen molar-refractivity contribution in [1.29, 1.82) is 0 Å². The summed E-state index contributed by atoms with van der Waals surface area (Å²) in [5.74, 6) is -0.146. The van der Waals surface area contributed by atoms with Gasteiger partial charge in [0.05, 0.1) is 50.1 Å². The summed E-state index contributed by atoms with van der Waals surface area (Å²) in [6.45, 7) is 5.39. The Kier molecular flexibility index (Phi) is 7.54. The van der Waals surface area contributed by atoms with Crippen molar-refractivity contribution in [3.05, 3.63) is 0 Å². The highest BCUT2D eigenvalue weighted by Crippen LogP contribution is 2.14. The third-order valence-electron chi connectivity index (χ3n) is 3.14. The molecule has 0 aromatic rings. The molecule has 2 N–H and O–H groups in total.